The predicted molar refractivity (Wildman–Crippen MR) is 87.3 cm³/mol. The van der Waals surface area contributed by atoms with Crippen molar-refractivity contribution in [3.8, 4) is 5.75 Å². The predicted octanol–water partition coefficient (Wildman–Crippen LogP) is 1.15. The van der Waals surface area contributed by atoms with Gasteiger partial charge in [-0.1, -0.05) is 6.92 Å². The molecule has 0 spiro atoms. The summed E-state index contributed by atoms with van der Waals surface area (Å²) in [5.41, 5.74) is 0.263. The number of sulfonamides is 1. The summed E-state index contributed by atoms with van der Waals surface area (Å²) < 4.78 is 37.0. The van der Waals surface area contributed by atoms with Crippen LogP contribution in [0.25, 0.3) is 0 Å². The van der Waals surface area contributed by atoms with Crippen LogP contribution in [-0.2, 0) is 14.8 Å². The van der Waals surface area contributed by atoms with Gasteiger partial charge in [0, 0.05) is 31.9 Å². The summed E-state index contributed by atoms with van der Waals surface area (Å²) >= 11 is 0. The van der Waals surface area contributed by atoms with Crippen LogP contribution in [0, 0.1) is 0 Å². The molecular formula is C15H24N2O5S. The second-order valence-corrected chi connectivity index (χ2v) is 6.41. The van der Waals surface area contributed by atoms with Crippen LogP contribution in [0.5, 0.6) is 5.75 Å². The number of benzene rings is 1. The molecule has 7 nitrogen and oxygen atoms in total. The molecule has 0 aromatic heterocycles. The fourth-order valence-corrected chi connectivity index (χ4v) is 3.15. The highest BCUT2D eigenvalue weighted by molar-refractivity contribution is 7.89. The van der Waals surface area contributed by atoms with Gasteiger partial charge in [-0.25, -0.2) is 13.1 Å². The molecule has 8 heteroatoms. The molecule has 1 aromatic carbocycles. The summed E-state index contributed by atoms with van der Waals surface area (Å²) in [6.07, 6.45) is 0.693. The maximum Gasteiger partial charge on any atom is 0.251 e. The number of carbonyl (C=O) groups excluding carboxylic acids is 1. The average molecular weight is 344 g/mol. The van der Waals surface area contributed by atoms with Gasteiger partial charge in [0.2, 0.25) is 10.0 Å². The zero-order valence-corrected chi connectivity index (χ0v) is 14.5. The monoisotopic (exact) mass is 344 g/mol. The fourth-order valence-electron chi connectivity index (χ4n) is 1.92. The van der Waals surface area contributed by atoms with Crippen LogP contribution in [-0.4, -0.2) is 47.7 Å². The lowest BCUT2D eigenvalue weighted by Gasteiger charge is -2.12. The van der Waals surface area contributed by atoms with Gasteiger partial charge in [0.05, 0.1) is 7.11 Å². The lowest BCUT2D eigenvalue weighted by molar-refractivity contribution is 0.0944. The van der Waals surface area contributed by atoms with E-state index >= 15 is 0 Å². The van der Waals surface area contributed by atoms with Crippen LogP contribution in [0.2, 0.25) is 0 Å². The Morgan fingerprint density at radius 1 is 1.26 bits per heavy atom. The second kappa shape index (κ2) is 9.49. The first-order valence-corrected chi connectivity index (χ1v) is 8.98. The molecule has 0 bridgehead atoms. The Hall–Kier alpha value is -1.64. The van der Waals surface area contributed by atoms with Crippen LogP contribution in [0.15, 0.2) is 23.1 Å². The van der Waals surface area contributed by atoms with Crippen molar-refractivity contribution in [2.45, 2.75) is 25.2 Å². The number of carbonyl (C=O) groups is 1. The van der Waals surface area contributed by atoms with E-state index in [9.17, 15) is 13.2 Å². The minimum Gasteiger partial charge on any atom is -0.495 e. The highest BCUT2D eigenvalue weighted by Gasteiger charge is 2.20. The van der Waals surface area contributed by atoms with E-state index in [4.69, 9.17) is 9.47 Å². The Bertz CT molecular complexity index is 616. The van der Waals surface area contributed by atoms with E-state index in [-0.39, 0.29) is 28.7 Å². The molecule has 0 aliphatic rings. The molecule has 0 aliphatic carbocycles. The van der Waals surface area contributed by atoms with Crippen molar-refractivity contribution in [1.29, 1.82) is 0 Å². The molecule has 0 aliphatic heterocycles. The van der Waals surface area contributed by atoms with Crippen molar-refractivity contribution in [2.75, 3.05) is 33.4 Å². The van der Waals surface area contributed by atoms with E-state index in [0.29, 0.717) is 26.2 Å². The fraction of sp³-hybridized carbons (Fsp3) is 0.533. The lowest BCUT2D eigenvalue weighted by Crippen LogP contribution is -2.27. The van der Waals surface area contributed by atoms with Gasteiger partial charge in [-0.3, -0.25) is 4.79 Å². The quantitative estimate of drug-likeness (QED) is 0.621. The SMILES string of the molecule is CCNS(=O)(=O)c1cc(C(=O)NCCCOCC)ccc1OC. The first kappa shape index (κ1) is 19.4. The zero-order chi connectivity index (χ0) is 17.3. The van der Waals surface area contributed by atoms with Crippen molar-refractivity contribution in [3.63, 3.8) is 0 Å². The van der Waals surface area contributed by atoms with Gasteiger partial charge >= 0.3 is 0 Å². The Morgan fingerprint density at radius 3 is 2.61 bits per heavy atom. The van der Waals surface area contributed by atoms with E-state index in [1.165, 1.54) is 25.3 Å². The summed E-state index contributed by atoms with van der Waals surface area (Å²) in [5, 5.41) is 2.73. The van der Waals surface area contributed by atoms with Gasteiger partial charge in [0.1, 0.15) is 10.6 Å². The Balaban J connectivity index is 2.87. The molecule has 1 rings (SSSR count). The van der Waals surface area contributed by atoms with Gasteiger partial charge in [0.25, 0.3) is 5.91 Å². The average Bonchev–Trinajstić information content (AvgIpc) is 2.53. The molecular weight excluding hydrogens is 320 g/mol. The van der Waals surface area contributed by atoms with Gasteiger partial charge in [-0.2, -0.15) is 0 Å². The summed E-state index contributed by atoms with van der Waals surface area (Å²) in [6.45, 7) is 5.50. The van der Waals surface area contributed by atoms with E-state index in [1.807, 2.05) is 6.92 Å². The van der Waals surface area contributed by atoms with Crippen molar-refractivity contribution in [1.82, 2.24) is 10.0 Å². The molecule has 0 saturated heterocycles. The first-order valence-electron chi connectivity index (χ1n) is 7.49. The Labute approximate surface area is 137 Å². The van der Waals surface area contributed by atoms with Gasteiger partial charge in [-0.15, -0.1) is 0 Å². The topological polar surface area (TPSA) is 93.7 Å². The van der Waals surface area contributed by atoms with E-state index in [2.05, 4.69) is 10.0 Å². The third kappa shape index (κ3) is 5.81. The summed E-state index contributed by atoms with van der Waals surface area (Å²) in [6, 6.07) is 4.32. The van der Waals surface area contributed by atoms with E-state index < -0.39 is 10.0 Å². The van der Waals surface area contributed by atoms with Crippen LogP contribution >= 0.6 is 0 Å². The number of hydrogen-bond donors (Lipinski definition) is 2. The third-order valence-electron chi connectivity index (χ3n) is 3.00. The molecule has 0 heterocycles. The molecule has 0 fully saturated rings. The van der Waals surface area contributed by atoms with Crippen LogP contribution in [0.1, 0.15) is 30.6 Å². The third-order valence-corrected chi connectivity index (χ3v) is 4.57. The first-order chi connectivity index (χ1) is 11.0. The summed E-state index contributed by atoms with van der Waals surface area (Å²) in [5.74, 6) is -0.143. The molecule has 0 radical (unpaired) electrons. The minimum atomic E-state index is -3.72. The largest absolute Gasteiger partial charge is 0.495 e. The minimum absolute atomic E-state index is 0.0520. The normalized spacial score (nSPS) is 11.3. The number of amides is 1. The van der Waals surface area contributed by atoms with E-state index in [1.54, 1.807) is 6.92 Å². The second-order valence-electron chi connectivity index (χ2n) is 4.67. The number of hydrogen-bond acceptors (Lipinski definition) is 5. The van der Waals surface area contributed by atoms with Gasteiger partial charge in [0.15, 0.2) is 0 Å². The highest BCUT2D eigenvalue weighted by atomic mass is 32.2. The number of nitrogens with one attached hydrogen (secondary N) is 2. The molecule has 23 heavy (non-hydrogen) atoms. The molecule has 0 unspecified atom stereocenters. The molecule has 2 N–H and O–H groups in total. The number of methoxy groups -OCH3 is 1. The molecule has 0 saturated carbocycles. The van der Waals surface area contributed by atoms with Crippen molar-refractivity contribution in [3.05, 3.63) is 23.8 Å². The van der Waals surface area contributed by atoms with Crippen molar-refractivity contribution >= 4 is 15.9 Å². The maximum absolute atomic E-state index is 12.2. The molecule has 1 aromatic rings. The van der Waals surface area contributed by atoms with Crippen LogP contribution in [0.4, 0.5) is 0 Å². The Kier molecular flexibility index (Phi) is 8.01. The number of rotatable bonds is 10. The van der Waals surface area contributed by atoms with Crippen LogP contribution < -0.4 is 14.8 Å². The van der Waals surface area contributed by atoms with Crippen LogP contribution in [0.3, 0.4) is 0 Å². The smallest absolute Gasteiger partial charge is 0.251 e. The Morgan fingerprint density at radius 2 is 2.00 bits per heavy atom. The standard InChI is InChI=1S/C15H24N2O5S/c1-4-17-23(19,20)14-11-12(7-8-13(14)21-3)15(18)16-9-6-10-22-5-2/h7-8,11,17H,4-6,9-10H2,1-3H3,(H,16,18). The highest BCUT2D eigenvalue weighted by Crippen LogP contribution is 2.24. The maximum atomic E-state index is 12.2. The number of ether oxygens (including phenoxy) is 2. The van der Waals surface area contributed by atoms with Crippen molar-refractivity contribution in [2.24, 2.45) is 0 Å². The zero-order valence-electron chi connectivity index (χ0n) is 13.7. The van der Waals surface area contributed by atoms with Gasteiger partial charge in [-0.05, 0) is 31.5 Å². The van der Waals surface area contributed by atoms with Crippen molar-refractivity contribution < 1.29 is 22.7 Å². The molecule has 1 amide bonds. The van der Waals surface area contributed by atoms with E-state index in [0.717, 1.165) is 0 Å². The molecule has 0 atom stereocenters. The molecule has 130 valence electrons. The van der Waals surface area contributed by atoms with Gasteiger partial charge < -0.3 is 14.8 Å². The summed E-state index contributed by atoms with van der Waals surface area (Å²) in [7, 11) is -2.33. The summed E-state index contributed by atoms with van der Waals surface area (Å²) in [4.78, 5) is 12.1. The lowest BCUT2D eigenvalue weighted by atomic mass is 10.2.